The summed E-state index contributed by atoms with van der Waals surface area (Å²) in [5.74, 6) is 1.37. The van der Waals surface area contributed by atoms with Crippen LogP contribution in [-0.2, 0) is 11.3 Å². The van der Waals surface area contributed by atoms with Crippen molar-refractivity contribution in [2.45, 2.75) is 52.0 Å². The Kier molecular flexibility index (Phi) is 4.15. The molecule has 0 bridgehead atoms. The van der Waals surface area contributed by atoms with Crippen LogP contribution in [0.5, 0.6) is 0 Å². The molecule has 0 N–H and O–H groups in total. The van der Waals surface area contributed by atoms with Gasteiger partial charge in [-0.25, -0.2) is 0 Å². The second kappa shape index (κ2) is 6.67. The van der Waals surface area contributed by atoms with Gasteiger partial charge < -0.3 is 4.57 Å². The Morgan fingerprint density at radius 2 is 1.78 bits per heavy atom. The molecule has 1 aromatic heterocycles. The van der Waals surface area contributed by atoms with Crippen LogP contribution in [0.1, 0.15) is 51.0 Å². The number of carbonyl (C=O) groups is 1. The van der Waals surface area contributed by atoms with E-state index in [1.807, 2.05) is 0 Å². The largest absolute Gasteiger partial charge is 0.341 e. The molecular weight excluding hydrogens is 330 g/mol. The van der Waals surface area contributed by atoms with Crippen LogP contribution in [0.25, 0.3) is 27.9 Å². The number of Topliss-reactive ketones (excluding diaryl/α,β-unsaturated/α-hetero) is 1. The molecule has 5 rings (SSSR count). The third-order valence-electron chi connectivity index (χ3n) is 6.80. The van der Waals surface area contributed by atoms with Crippen molar-refractivity contribution >= 4 is 33.7 Å². The molecule has 2 heteroatoms. The molecule has 0 spiro atoms. The van der Waals surface area contributed by atoms with E-state index in [1.165, 1.54) is 47.5 Å². The molecule has 1 unspecified atom stereocenters. The lowest BCUT2D eigenvalue weighted by atomic mass is 9.88. The number of aromatic nitrogens is 1. The van der Waals surface area contributed by atoms with E-state index in [4.69, 9.17) is 0 Å². The highest BCUT2D eigenvalue weighted by Gasteiger charge is 2.36. The van der Waals surface area contributed by atoms with E-state index in [9.17, 15) is 4.79 Å². The normalized spacial score (nSPS) is 22.6. The Bertz CT molecular complexity index is 1050. The van der Waals surface area contributed by atoms with Crippen LogP contribution in [-0.4, -0.2) is 10.4 Å². The average molecular weight is 357 g/mol. The second-order valence-electron chi connectivity index (χ2n) is 8.26. The molecule has 27 heavy (non-hydrogen) atoms. The van der Waals surface area contributed by atoms with E-state index in [-0.39, 0.29) is 0 Å². The molecular formula is C25H27NO. The molecule has 2 aromatic carbocycles. The van der Waals surface area contributed by atoms with Crippen molar-refractivity contribution in [3.63, 3.8) is 0 Å². The standard InChI is InChI=1S/C25H27NO/c1-2-26-23-10-6-5-9-21(23)22-16-17(11-14-24(22)26)15-19-12-13-20(25(19)27)18-7-3-4-8-18/h5-6,9-11,14-16,18,20H,2-4,7-8,12-13H2,1H3. The molecule has 1 heterocycles. The SMILES string of the molecule is CCn1c2ccccc2c2cc(C=C3CCC(C4CCCC4)C3=O)ccc21. The number of allylic oxidation sites excluding steroid dienone is 1. The molecule has 0 saturated heterocycles. The Morgan fingerprint density at radius 1 is 1.00 bits per heavy atom. The summed E-state index contributed by atoms with van der Waals surface area (Å²) in [4.78, 5) is 13.0. The van der Waals surface area contributed by atoms with Crippen molar-refractivity contribution in [2.75, 3.05) is 0 Å². The summed E-state index contributed by atoms with van der Waals surface area (Å²) in [5.41, 5.74) is 4.78. The lowest BCUT2D eigenvalue weighted by molar-refractivity contribution is -0.119. The van der Waals surface area contributed by atoms with Crippen LogP contribution in [0.2, 0.25) is 0 Å². The van der Waals surface area contributed by atoms with Gasteiger partial charge in [0.25, 0.3) is 0 Å². The maximum absolute atomic E-state index is 13.0. The summed E-state index contributed by atoms with van der Waals surface area (Å²) in [6.07, 6.45) is 9.31. The zero-order chi connectivity index (χ0) is 18.4. The number of hydrogen-bond donors (Lipinski definition) is 0. The van der Waals surface area contributed by atoms with Gasteiger partial charge in [0.1, 0.15) is 0 Å². The van der Waals surface area contributed by atoms with E-state index in [2.05, 4.69) is 60.0 Å². The molecule has 2 saturated carbocycles. The summed E-state index contributed by atoms with van der Waals surface area (Å²) < 4.78 is 2.37. The first-order chi connectivity index (χ1) is 13.3. The average Bonchev–Trinajstić information content (AvgIpc) is 3.40. The molecule has 3 aromatic rings. The number of aryl methyl sites for hydroxylation is 1. The van der Waals surface area contributed by atoms with E-state index in [0.717, 1.165) is 30.5 Å². The third-order valence-corrected chi connectivity index (χ3v) is 6.80. The predicted molar refractivity (Wildman–Crippen MR) is 113 cm³/mol. The highest BCUT2D eigenvalue weighted by molar-refractivity contribution is 6.09. The van der Waals surface area contributed by atoms with Crippen LogP contribution >= 0.6 is 0 Å². The van der Waals surface area contributed by atoms with Gasteiger partial charge in [0.15, 0.2) is 5.78 Å². The molecule has 0 amide bonds. The summed E-state index contributed by atoms with van der Waals surface area (Å²) in [6.45, 7) is 3.16. The fourth-order valence-electron chi connectivity index (χ4n) is 5.46. The van der Waals surface area contributed by atoms with Crippen molar-refractivity contribution in [2.24, 2.45) is 11.8 Å². The topological polar surface area (TPSA) is 22.0 Å². The van der Waals surface area contributed by atoms with Gasteiger partial charge in [-0.2, -0.15) is 0 Å². The fraction of sp³-hybridized carbons (Fsp3) is 0.400. The molecule has 0 aliphatic heterocycles. The van der Waals surface area contributed by atoms with Crippen LogP contribution < -0.4 is 0 Å². The third kappa shape index (κ3) is 2.74. The highest BCUT2D eigenvalue weighted by atomic mass is 16.1. The summed E-state index contributed by atoms with van der Waals surface area (Å²) in [5, 5.41) is 2.59. The first-order valence-electron chi connectivity index (χ1n) is 10.5. The van der Waals surface area contributed by atoms with Gasteiger partial charge in [0, 0.05) is 34.3 Å². The van der Waals surface area contributed by atoms with E-state index in [1.54, 1.807) is 0 Å². The van der Waals surface area contributed by atoms with Crippen molar-refractivity contribution in [3.8, 4) is 0 Å². The Morgan fingerprint density at radius 3 is 2.59 bits per heavy atom. The summed E-state index contributed by atoms with van der Waals surface area (Å²) >= 11 is 0. The number of carbonyl (C=O) groups excluding carboxylic acids is 1. The van der Waals surface area contributed by atoms with E-state index < -0.39 is 0 Å². The molecule has 0 radical (unpaired) electrons. The maximum atomic E-state index is 13.0. The lowest BCUT2D eigenvalue weighted by Crippen LogP contribution is -2.16. The second-order valence-corrected chi connectivity index (χ2v) is 8.26. The number of hydrogen-bond acceptors (Lipinski definition) is 1. The van der Waals surface area contributed by atoms with Gasteiger partial charge >= 0.3 is 0 Å². The zero-order valence-corrected chi connectivity index (χ0v) is 16.1. The highest BCUT2D eigenvalue weighted by Crippen LogP contribution is 2.41. The number of para-hydroxylation sites is 1. The van der Waals surface area contributed by atoms with Gasteiger partial charge in [-0.1, -0.05) is 37.1 Å². The van der Waals surface area contributed by atoms with Gasteiger partial charge in [-0.3, -0.25) is 4.79 Å². The molecule has 138 valence electrons. The molecule has 1 atom stereocenters. The fourth-order valence-corrected chi connectivity index (χ4v) is 5.46. The summed E-state index contributed by atoms with van der Waals surface area (Å²) in [7, 11) is 0. The van der Waals surface area contributed by atoms with Crippen molar-refractivity contribution < 1.29 is 4.79 Å². The van der Waals surface area contributed by atoms with Gasteiger partial charge in [0.2, 0.25) is 0 Å². The monoisotopic (exact) mass is 357 g/mol. The Labute approximate surface area is 160 Å². The first-order valence-corrected chi connectivity index (χ1v) is 10.5. The van der Waals surface area contributed by atoms with Crippen LogP contribution in [0.4, 0.5) is 0 Å². The van der Waals surface area contributed by atoms with E-state index in [0.29, 0.717) is 17.6 Å². The zero-order valence-electron chi connectivity index (χ0n) is 16.1. The molecule has 2 nitrogen and oxygen atoms in total. The Hall–Kier alpha value is -2.35. The quantitative estimate of drug-likeness (QED) is 0.499. The number of rotatable bonds is 3. The smallest absolute Gasteiger partial charge is 0.162 e. The van der Waals surface area contributed by atoms with Crippen LogP contribution in [0, 0.1) is 11.8 Å². The molecule has 2 fully saturated rings. The molecule has 2 aliphatic rings. The van der Waals surface area contributed by atoms with Crippen LogP contribution in [0.3, 0.4) is 0 Å². The van der Waals surface area contributed by atoms with Crippen molar-refractivity contribution in [1.82, 2.24) is 4.57 Å². The number of nitrogens with zero attached hydrogens (tertiary/aromatic N) is 1. The van der Waals surface area contributed by atoms with Gasteiger partial charge in [-0.15, -0.1) is 0 Å². The van der Waals surface area contributed by atoms with E-state index >= 15 is 0 Å². The first kappa shape index (κ1) is 16.8. The number of fused-ring (bicyclic) bond motifs is 3. The predicted octanol–water partition coefficient (Wildman–Crippen LogP) is 6.37. The lowest BCUT2D eigenvalue weighted by Gasteiger charge is -2.15. The minimum atomic E-state index is 0.296. The summed E-state index contributed by atoms with van der Waals surface area (Å²) in [6, 6.07) is 15.3. The maximum Gasteiger partial charge on any atom is 0.162 e. The minimum Gasteiger partial charge on any atom is -0.341 e. The van der Waals surface area contributed by atoms with Crippen molar-refractivity contribution in [3.05, 3.63) is 53.6 Å². The van der Waals surface area contributed by atoms with Gasteiger partial charge in [-0.05, 0) is 73.9 Å². The Balaban J connectivity index is 1.53. The van der Waals surface area contributed by atoms with Crippen LogP contribution in [0.15, 0.2) is 48.0 Å². The minimum absolute atomic E-state index is 0.296. The number of ketones is 1. The molecule has 2 aliphatic carbocycles. The number of benzene rings is 2. The van der Waals surface area contributed by atoms with Gasteiger partial charge in [0.05, 0.1) is 0 Å². The van der Waals surface area contributed by atoms with Crippen molar-refractivity contribution in [1.29, 1.82) is 0 Å².